The minimum atomic E-state index is -3.66. The summed E-state index contributed by atoms with van der Waals surface area (Å²) in [6.07, 6.45) is 1.25. The summed E-state index contributed by atoms with van der Waals surface area (Å²) in [5, 5.41) is 0. The monoisotopic (exact) mass is 338 g/mol. The molecule has 7 nitrogen and oxygen atoms in total. The van der Waals surface area contributed by atoms with Crippen LogP contribution in [0.3, 0.4) is 0 Å². The van der Waals surface area contributed by atoms with Gasteiger partial charge in [-0.1, -0.05) is 0 Å². The SMILES string of the molecule is COC(=O)c1cc(S(=O)(=O)N2CCC(N)CC2)c(C)o1.Cl. The highest BCUT2D eigenvalue weighted by Gasteiger charge is 2.32. The van der Waals surface area contributed by atoms with Crippen LogP contribution < -0.4 is 5.73 Å². The number of rotatable bonds is 3. The van der Waals surface area contributed by atoms with E-state index in [4.69, 9.17) is 10.2 Å². The van der Waals surface area contributed by atoms with Crippen molar-refractivity contribution in [2.45, 2.75) is 30.7 Å². The van der Waals surface area contributed by atoms with Crippen molar-refractivity contribution in [1.82, 2.24) is 4.31 Å². The average molecular weight is 339 g/mol. The Morgan fingerprint density at radius 1 is 1.43 bits per heavy atom. The lowest BCUT2D eigenvalue weighted by atomic mass is 10.1. The molecule has 1 aliphatic heterocycles. The number of carbonyl (C=O) groups excluding carboxylic acids is 1. The fourth-order valence-electron chi connectivity index (χ4n) is 2.18. The van der Waals surface area contributed by atoms with E-state index in [0.29, 0.717) is 25.9 Å². The van der Waals surface area contributed by atoms with Gasteiger partial charge in [-0.15, -0.1) is 12.4 Å². The lowest BCUT2D eigenvalue weighted by molar-refractivity contribution is 0.0563. The standard InChI is InChI=1S/C12H18N2O5S.ClH/c1-8-11(7-10(19-8)12(15)18-2)20(16,17)14-5-3-9(13)4-6-14;/h7,9H,3-6,13H2,1-2H3;1H. The first-order valence-electron chi connectivity index (χ1n) is 6.30. The van der Waals surface area contributed by atoms with Crippen LogP contribution in [-0.4, -0.2) is 44.9 Å². The van der Waals surface area contributed by atoms with E-state index in [0.717, 1.165) is 0 Å². The summed E-state index contributed by atoms with van der Waals surface area (Å²) in [5.74, 6) is -0.632. The van der Waals surface area contributed by atoms with Crippen molar-refractivity contribution in [1.29, 1.82) is 0 Å². The molecule has 0 bridgehead atoms. The predicted molar refractivity (Wildman–Crippen MR) is 78.0 cm³/mol. The van der Waals surface area contributed by atoms with Crippen LogP contribution >= 0.6 is 12.4 Å². The minimum Gasteiger partial charge on any atom is -0.463 e. The average Bonchev–Trinajstić information content (AvgIpc) is 2.81. The summed E-state index contributed by atoms with van der Waals surface area (Å²) in [6, 6.07) is 1.25. The minimum absolute atomic E-state index is 0. The number of hydrogen-bond donors (Lipinski definition) is 1. The number of methoxy groups -OCH3 is 1. The number of nitrogens with two attached hydrogens (primary N) is 1. The van der Waals surface area contributed by atoms with Gasteiger partial charge < -0.3 is 14.9 Å². The molecule has 1 aliphatic rings. The van der Waals surface area contributed by atoms with Crippen LogP contribution in [0, 0.1) is 6.92 Å². The zero-order valence-corrected chi connectivity index (χ0v) is 13.5. The molecule has 120 valence electrons. The Hall–Kier alpha value is -1.09. The van der Waals surface area contributed by atoms with Crippen molar-refractivity contribution in [3.63, 3.8) is 0 Å². The molecule has 0 radical (unpaired) electrons. The van der Waals surface area contributed by atoms with E-state index >= 15 is 0 Å². The molecule has 2 rings (SSSR count). The second-order valence-corrected chi connectivity index (χ2v) is 6.67. The molecule has 2 N–H and O–H groups in total. The molecule has 1 fully saturated rings. The number of aryl methyl sites for hydroxylation is 1. The Balaban J connectivity index is 0.00000220. The maximum absolute atomic E-state index is 12.5. The van der Waals surface area contributed by atoms with Crippen molar-refractivity contribution in [2.24, 2.45) is 5.73 Å². The molecular formula is C12H19ClN2O5S. The van der Waals surface area contributed by atoms with Gasteiger partial charge in [-0.05, 0) is 19.8 Å². The topological polar surface area (TPSA) is 103 Å². The summed E-state index contributed by atoms with van der Waals surface area (Å²) in [6.45, 7) is 2.26. The van der Waals surface area contributed by atoms with Crippen LogP contribution in [0.15, 0.2) is 15.4 Å². The summed E-state index contributed by atoms with van der Waals surface area (Å²) < 4.78 is 36.1. The molecule has 1 aromatic rings. The summed E-state index contributed by atoms with van der Waals surface area (Å²) in [7, 11) is -2.45. The number of nitrogens with zero attached hydrogens (tertiary/aromatic N) is 1. The molecule has 0 aromatic carbocycles. The van der Waals surface area contributed by atoms with Gasteiger partial charge in [0.25, 0.3) is 0 Å². The maximum atomic E-state index is 12.5. The highest BCUT2D eigenvalue weighted by Crippen LogP contribution is 2.26. The van der Waals surface area contributed by atoms with Crippen LogP contribution in [0.1, 0.15) is 29.2 Å². The van der Waals surface area contributed by atoms with Crippen LogP contribution in [0.2, 0.25) is 0 Å². The Bertz CT molecular complexity index is 605. The number of furan rings is 1. The first kappa shape index (κ1) is 18.0. The smallest absolute Gasteiger partial charge is 0.373 e. The molecule has 0 aliphatic carbocycles. The van der Waals surface area contributed by atoms with Gasteiger partial charge in [0.05, 0.1) is 7.11 Å². The molecule has 0 atom stereocenters. The number of sulfonamides is 1. The van der Waals surface area contributed by atoms with E-state index in [1.165, 1.54) is 24.4 Å². The zero-order valence-electron chi connectivity index (χ0n) is 11.9. The molecule has 0 amide bonds. The van der Waals surface area contributed by atoms with Gasteiger partial charge in [0.15, 0.2) is 0 Å². The quantitative estimate of drug-likeness (QED) is 0.822. The van der Waals surface area contributed by atoms with E-state index in [-0.39, 0.29) is 34.9 Å². The Kier molecular flexibility index (Phi) is 5.80. The van der Waals surface area contributed by atoms with E-state index in [1.807, 2.05) is 0 Å². The zero-order chi connectivity index (χ0) is 14.9. The third-order valence-corrected chi connectivity index (χ3v) is 5.38. The number of hydrogen-bond acceptors (Lipinski definition) is 6. The maximum Gasteiger partial charge on any atom is 0.373 e. The van der Waals surface area contributed by atoms with Crippen LogP contribution in [0.5, 0.6) is 0 Å². The summed E-state index contributed by atoms with van der Waals surface area (Å²) in [5.41, 5.74) is 5.77. The molecule has 2 heterocycles. The lowest BCUT2D eigenvalue weighted by Gasteiger charge is -2.28. The van der Waals surface area contributed by atoms with Gasteiger partial charge in [-0.25, -0.2) is 13.2 Å². The lowest BCUT2D eigenvalue weighted by Crippen LogP contribution is -2.42. The first-order chi connectivity index (χ1) is 9.36. The first-order valence-corrected chi connectivity index (χ1v) is 7.74. The highest BCUT2D eigenvalue weighted by atomic mass is 35.5. The molecule has 0 spiro atoms. The van der Waals surface area contributed by atoms with Gasteiger partial charge >= 0.3 is 5.97 Å². The van der Waals surface area contributed by atoms with Crippen molar-refractivity contribution >= 4 is 28.4 Å². The Morgan fingerprint density at radius 3 is 2.52 bits per heavy atom. The second-order valence-electron chi connectivity index (χ2n) is 4.76. The van der Waals surface area contributed by atoms with Gasteiger partial charge in [-0.3, -0.25) is 0 Å². The fourth-order valence-corrected chi connectivity index (χ4v) is 3.81. The molecule has 1 saturated heterocycles. The van der Waals surface area contributed by atoms with Gasteiger partial charge in [0.2, 0.25) is 15.8 Å². The van der Waals surface area contributed by atoms with Crippen molar-refractivity contribution in [2.75, 3.05) is 20.2 Å². The largest absolute Gasteiger partial charge is 0.463 e. The van der Waals surface area contributed by atoms with Gasteiger partial charge in [0.1, 0.15) is 10.7 Å². The van der Waals surface area contributed by atoms with Crippen molar-refractivity contribution in [3.8, 4) is 0 Å². The number of carbonyl (C=O) groups is 1. The summed E-state index contributed by atoms with van der Waals surface area (Å²) >= 11 is 0. The van der Waals surface area contributed by atoms with Gasteiger partial charge in [-0.2, -0.15) is 4.31 Å². The molecule has 21 heavy (non-hydrogen) atoms. The van der Waals surface area contributed by atoms with Crippen LogP contribution in [0.4, 0.5) is 0 Å². The van der Waals surface area contributed by atoms with Crippen molar-refractivity contribution in [3.05, 3.63) is 17.6 Å². The van der Waals surface area contributed by atoms with E-state index < -0.39 is 16.0 Å². The van der Waals surface area contributed by atoms with Crippen LogP contribution in [-0.2, 0) is 14.8 Å². The molecule has 0 saturated carbocycles. The second kappa shape index (κ2) is 6.78. The molecule has 9 heteroatoms. The van der Waals surface area contributed by atoms with Crippen molar-refractivity contribution < 1.29 is 22.4 Å². The van der Waals surface area contributed by atoms with Gasteiger partial charge in [0, 0.05) is 25.2 Å². The number of halogens is 1. The van der Waals surface area contributed by atoms with Crippen LogP contribution in [0.25, 0.3) is 0 Å². The molecule has 1 aromatic heterocycles. The molecular weight excluding hydrogens is 320 g/mol. The Morgan fingerprint density at radius 2 is 2.00 bits per heavy atom. The third-order valence-electron chi connectivity index (χ3n) is 3.38. The third kappa shape index (κ3) is 3.57. The van der Waals surface area contributed by atoms with E-state index in [1.54, 1.807) is 0 Å². The van der Waals surface area contributed by atoms with E-state index in [9.17, 15) is 13.2 Å². The Labute approximate surface area is 129 Å². The highest BCUT2D eigenvalue weighted by molar-refractivity contribution is 7.89. The number of esters is 1. The normalized spacial score (nSPS) is 17.3. The molecule has 0 unspecified atom stereocenters. The number of piperidine rings is 1. The predicted octanol–water partition coefficient (Wildman–Crippen LogP) is 0.908. The fraction of sp³-hybridized carbons (Fsp3) is 0.583. The summed E-state index contributed by atoms with van der Waals surface area (Å²) in [4.78, 5) is 11.4. The number of ether oxygens (including phenoxy) is 1. The van der Waals surface area contributed by atoms with E-state index in [2.05, 4.69) is 4.74 Å².